The van der Waals surface area contributed by atoms with Crippen LogP contribution < -0.4 is 5.73 Å². The van der Waals surface area contributed by atoms with Crippen molar-refractivity contribution in [3.63, 3.8) is 0 Å². The van der Waals surface area contributed by atoms with Gasteiger partial charge < -0.3 is 5.73 Å². The number of nitrogens with two attached hydrogens (primary N) is 1. The number of benzene rings is 1. The third-order valence-corrected chi connectivity index (χ3v) is 4.67. The van der Waals surface area contributed by atoms with E-state index in [1.807, 2.05) is 0 Å². The molecule has 3 nitrogen and oxygen atoms in total. The zero-order chi connectivity index (χ0) is 11.5. The SMILES string of the molecule is CC(CCN)S(=O)(=O)c1cccc(Cl)c1. The van der Waals surface area contributed by atoms with Gasteiger partial charge in [-0.25, -0.2) is 8.42 Å². The van der Waals surface area contributed by atoms with Crippen molar-refractivity contribution in [1.29, 1.82) is 0 Å². The quantitative estimate of drug-likeness (QED) is 0.883. The molecule has 0 fully saturated rings. The molecule has 0 amide bonds. The van der Waals surface area contributed by atoms with E-state index in [0.29, 0.717) is 18.0 Å². The number of sulfone groups is 1. The molecule has 0 saturated heterocycles. The Bertz CT molecular complexity index is 431. The van der Waals surface area contributed by atoms with Crippen LogP contribution in [0.3, 0.4) is 0 Å². The highest BCUT2D eigenvalue weighted by atomic mass is 35.5. The van der Waals surface area contributed by atoms with Gasteiger partial charge in [0.1, 0.15) is 0 Å². The smallest absolute Gasteiger partial charge is 0.181 e. The molecule has 1 unspecified atom stereocenters. The average Bonchev–Trinajstić information content (AvgIpc) is 2.18. The van der Waals surface area contributed by atoms with Gasteiger partial charge in [-0.05, 0) is 38.1 Å². The van der Waals surface area contributed by atoms with Gasteiger partial charge in [0.2, 0.25) is 0 Å². The Balaban J connectivity index is 3.06. The molecule has 84 valence electrons. The average molecular weight is 248 g/mol. The molecule has 0 saturated carbocycles. The number of rotatable bonds is 4. The zero-order valence-electron chi connectivity index (χ0n) is 8.48. The summed E-state index contributed by atoms with van der Waals surface area (Å²) in [7, 11) is -3.29. The number of halogens is 1. The van der Waals surface area contributed by atoms with Crippen molar-refractivity contribution in [1.82, 2.24) is 0 Å². The standard InChI is InChI=1S/C10H14ClNO2S/c1-8(5-6-12)15(13,14)10-4-2-3-9(11)7-10/h2-4,7-8H,5-6,12H2,1H3. The molecule has 15 heavy (non-hydrogen) atoms. The van der Waals surface area contributed by atoms with Crippen molar-refractivity contribution < 1.29 is 8.42 Å². The molecule has 5 heteroatoms. The summed E-state index contributed by atoms with van der Waals surface area (Å²) in [6.07, 6.45) is 0.453. The zero-order valence-corrected chi connectivity index (χ0v) is 10.1. The molecule has 1 atom stereocenters. The fourth-order valence-corrected chi connectivity index (χ4v) is 2.99. The Morgan fingerprint density at radius 1 is 1.47 bits per heavy atom. The monoisotopic (exact) mass is 247 g/mol. The van der Waals surface area contributed by atoms with Crippen molar-refractivity contribution >= 4 is 21.4 Å². The van der Waals surface area contributed by atoms with E-state index >= 15 is 0 Å². The van der Waals surface area contributed by atoms with E-state index < -0.39 is 15.1 Å². The topological polar surface area (TPSA) is 60.2 Å². The van der Waals surface area contributed by atoms with E-state index in [2.05, 4.69) is 0 Å². The van der Waals surface area contributed by atoms with Gasteiger partial charge in [-0.15, -0.1) is 0 Å². The summed E-state index contributed by atoms with van der Waals surface area (Å²) in [5.74, 6) is 0. The van der Waals surface area contributed by atoms with Gasteiger partial charge in [0.25, 0.3) is 0 Å². The van der Waals surface area contributed by atoms with Crippen LogP contribution in [0.15, 0.2) is 29.2 Å². The van der Waals surface area contributed by atoms with Crippen molar-refractivity contribution in [2.24, 2.45) is 5.73 Å². The summed E-state index contributed by atoms with van der Waals surface area (Å²) in [6, 6.07) is 6.29. The molecule has 1 rings (SSSR count). The first-order valence-corrected chi connectivity index (χ1v) is 6.60. The van der Waals surface area contributed by atoms with E-state index in [-0.39, 0.29) is 4.90 Å². The van der Waals surface area contributed by atoms with Crippen LogP contribution in [0.1, 0.15) is 13.3 Å². The Kier molecular flexibility index (Phi) is 4.13. The normalized spacial score (nSPS) is 13.8. The Hall–Kier alpha value is -0.580. The van der Waals surface area contributed by atoms with Crippen molar-refractivity contribution in [3.8, 4) is 0 Å². The molecule has 0 spiro atoms. The molecule has 0 heterocycles. The fraction of sp³-hybridized carbons (Fsp3) is 0.400. The number of hydrogen-bond donors (Lipinski definition) is 1. The maximum absolute atomic E-state index is 12.0. The van der Waals surface area contributed by atoms with Crippen LogP contribution in [-0.2, 0) is 9.84 Å². The molecular weight excluding hydrogens is 234 g/mol. The Morgan fingerprint density at radius 3 is 2.67 bits per heavy atom. The van der Waals surface area contributed by atoms with Crippen LogP contribution >= 0.6 is 11.6 Å². The first kappa shape index (κ1) is 12.5. The summed E-state index contributed by atoms with van der Waals surface area (Å²) in [6.45, 7) is 2.02. The van der Waals surface area contributed by atoms with Gasteiger partial charge in [-0.2, -0.15) is 0 Å². The largest absolute Gasteiger partial charge is 0.330 e. The summed E-state index contributed by atoms with van der Waals surface area (Å²) < 4.78 is 23.9. The van der Waals surface area contributed by atoms with Crippen LogP contribution in [0.4, 0.5) is 0 Å². The van der Waals surface area contributed by atoms with Gasteiger partial charge in [0, 0.05) is 5.02 Å². The van der Waals surface area contributed by atoms with Gasteiger partial charge >= 0.3 is 0 Å². The summed E-state index contributed by atoms with van der Waals surface area (Å²) in [5, 5.41) is -0.0445. The lowest BCUT2D eigenvalue weighted by atomic mass is 10.3. The van der Waals surface area contributed by atoms with Crippen LogP contribution in [0, 0.1) is 0 Å². The van der Waals surface area contributed by atoms with E-state index in [9.17, 15) is 8.42 Å². The van der Waals surface area contributed by atoms with Crippen LogP contribution in [0.25, 0.3) is 0 Å². The predicted molar refractivity (Wildman–Crippen MR) is 61.8 cm³/mol. The maximum Gasteiger partial charge on any atom is 0.181 e. The molecule has 0 aliphatic carbocycles. The molecule has 2 N–H and O–H groups in total. The highest BCUT2D eigenvalue weighted by Gasteiger charge is 2.22. The molecule has 1 aromatic rings. The third-order valence-electron chi connectivity index (χ3n) is 2.23. The minimum Gasteiger partial charge on any atom is -0.330 e. The minimum atomic E-state index is -3.29. The van der Waals surface area contributed by atoms with Crippen molar-refractivity contribution in [3.05, 3.63) is 29.3 Å². The first-order chi connectivity index (χ1) is 6.98. The first-order valence-electron chi connectivity index (χ1n) is 4.68. The predicted octanol–water partition coefficient (Wildman–Crippen LogP) is 1.85. The Morgan fingerprint density at radius 2 is 2.13 bits per heavy atom. The van der Waals surface area contributed by atoms with Crippen molar-refractivity contribution in [2.45, 2.75) is 23.5 Å². The van der Waals surface area contributed by atoms with Crippen LogP contribution in [0.5, 0.6) is 0 Å². The molecule has 1 aromatic carbocycles. The van der Waals surface area contributed by atoms with Gasteiger partial charge in [0.05, 0.1) is 10.1 Å². The Labute approximate surface area is 95.2 Å². The lowest BCUT2D eigenvalue weighted by Gasteiger charge is -2.11. The molecule has 0 radical (unpaired) electrons. The van der Waals surface area contributed by atoms with Gasteiger partial charge in [0.15, 0.2) is 9.84 Å². The second-order valence-electron chi connectivity index (χ2n) is 3.39. The van der Waals surface area contributed by atoms with E-state index in [1.165, 1.54) is 6.07 Å². The molecule has 0 aromatic heterocycles. The summed E-state index contributed by atoms with van der Waals surface area (Å²) in [5.41, 5.74) is 5.34. The molecule has 0 aliphatic heterocycles. The summed E-state index contributed by atoms with van der Waals surface area (Å²) >= 11 is 5.74. The molecular formula is C10H14ClNO2S. The van der Waals surface area contributed by atoms with Gasteiger partial charge in [-0.1, -0.05) is 17.7 Å². The highest BCUT2D eigenvalue weighted by molar-refractivity contribution is 7.92. The fourth-order valence-electron chi connectivity index (χ4n) is 1.27. The second-order valence-corrected chi connectivity index (χ2v) is 6.19. The highest BCUT2D eigenvalue weighted by Crippen LogP contribution is 2.20. The maximum atomic E-state index is 12.0. The number of hydrogen-bond acceptors (Lipinski definition) is 3. The molecule has 0 bridgehead atoms. The lowest BCUT2D eigenvalue weighted by Crippen LogP contribution is -2.21. The van der Waals surface area contributed by atoms with Crippen LogP contribution in [0.2, 0.25) is 5.02 Å². The molecule has 0 aliphatic rings. The van der Waals surface area contributed by atoms with Gasteiger partial charge in [-0.3, -0.25) is 0 Å². The second kappa shape index (κ2) is 4.96. The van der Waals surface area contributed by atoms with E-state index in [4.69, 9.17) is 17.3 Å². The van der Waals surface area contributed by atoms with E-state index in [0.717, 1.165) is 0 Å². The van der Waals surface area contributed by atoms with Crippen LogP contribution in [-0.4, -0.2) is 20.2 Å². The summed E-state index contributed by atoms with van der Waals surface area (Å²) in [4.78, 5) is 0.260. The van der Waals surface area contributed by atoms with Crippen molar-refractivity contribution in [2.75, 3.05) is 6.54 Å². The minimum absolute atomic E-state index is 0.260. The van der Waals surface area contributed by atoms with E-state index in [1.54, 1.807) is 25.1 Å². The lowest BCUT2D eigenvalue weighted by molar-refractivity contribution is 0.578. The third kappa shape index (κ3) is 2.93.